The highest BCUT2D eigenvalue weighted by molar-refractivity contribution is 5.93. The second-order valence-electron chi connectivity index (χ2n) is 6.78. The molecule has 0 saturated carbocycles. The summed E-state index contributed by atoms with van der Waals surface area (Å²) in [5.41, 5.74) is 0.519. The van der Waals surface area contributed by atoms with E-state index in [4.69, 9.17) is 4.42 Å². The maximum absolute atomic E-state index is 14.2. The van der Waals surface area contributed by atoms with Crippen LogP contribution in [-0.2, 0) is 6.42 Å². The normalized spacial score (nSPS) is 16.4. The Hall–Kier alpha value is -3.63. The first-order valence-corrected chi connectivity index (χ1v) is 8.98. The molecular formula is C19H13F4N5O2. The van der Waals surface area contributed by atoms with E-state index in [1.54, 1.807) is 0 Å². The van der Waals surface area contributed by atoms with Gasteiger partial charge in [-0.1, -0.05) is 0 Å². The Morgan fingerprint density at radius 2 is 2.03 bits per heavy atom. The third kappa shape index (κ3) is 2.69. The van der Waals surface area contributed by atoms with E-state index in [-0.39, 0.29) is 29.0 Å². The smallest absolute Gasteiger partial charge is 0.333 e. The van der Waals surface area contributed by atoms with Crippen molar-refractivity contribution in [2.45, 2.75) is 19.0 Å². The van der Waals surface area contributed by atoms with E-state index in [9.17, 15) is 22.4 Å². The molecular weight excluding hydrogens is 406 g/mol. The number of carbonyl (C=O) groups excluding carboxylic acids is 1. The summed E-state index contributed by atoms with van der Waals surface area (Å²) < 4.78 is 60.7. The number of carbonyl (C=O) groups is 1. The summed E-state index contributed by atoms with van der Waals surface area (Å²) in [7, 11) is 0. The van der Waals surface area contributed by atoms with Gasteiger partial charge < -0.3 is 14.3 Å². The molecule has 7 nitrogen and oxygen atoms in total. The number of imidazole rings is 1. The second kappa shape index (κ2) is 6.71. The van der Waals surface area contributed by atoms with Gasteiger partial charge in [0.05, 0.1) is 17.4 Å². The van der Waals surface area contributed by atoms with Crippen molar-refractivity contribution in [3.63, 3.8) is 0 Å². The van der Waals surface area contributed by atoms with E-state index in [0.29, 0.717) is 22.5 Å². The van der Waals surface area contributed by atoms with Crippen LogP contribution in [-0.4, -0.2) is 37.1 Å². The van der Waals surface area contributed by atoms with Gasteiger partial charge in [-0.15, -0.1) is 0 Å². The predicted octanol–water partition coefficient (Wildman–Crippen LogP) is 3.81. The fourth-order valence-corrected chi connectivity index (χ4v) is 3.78. The fourth-order valence-electron chi connectivity index (χ4n) is 3.78. The first kappa shape index (κ1) is 18.4. The molecule has 0 saturated heterocycles. The summed E-state index contributed by atoms with van der Waals surface area (Å²) >= 11 is 0. The Balaban J connectivity index is 1.65. The number of benzene rings is 1. The van der Waals surface area contributed by atoms with Crippen LogP contribution in [0.3, 0.4) is 0 Å². The summed E-state index contributed by atoms with van der Waals surface area (Å²) in [6.07, 6.45) is 2.92. The molecule has 1 aliphatic heterocycles. The summed E-state index contributed by atoms with van der Waals surface area (Å²) in [5, 5.41) is 3.41. The molecule has 0 aliphatic carbocycles. The first-order chi connectivity index (χ1) is 14.5. The Bertz CT molecular complexity index is 1220. The van der Waals surface area contributed by atoms with Crippen molar-refractivity contribution in [1.82, 2.24) is 24.6 Å². The number of fused-ring (bicyclic) bond motifs is 2. The lowest BCUT2D eigenvalue weighted by molar-refractivity contribution is 0.0436. The monoisotopic (exact) mass is 419 g/mol. The van der Waals surface area contributed by atoms with Crippen LogP contribution < -0.4 is 0 Å². The van der Waals surface area contributed by atoms with Crippen LogP contribution in [0.2, 0.25) is 0 Å². The maximum Gasteiger partial charge on any atom is 0.333 e. The zero-order valence-electron chi connectivity index (χ0n) is 15.2. The molecule has 0 spiro atoms. The van der Waals surface area contributed by atoms with Gasteiger partial charge in [0.15, 0.2) is 11.4 Å². The number of aromatic nitrogens is 4. The highest BCUT2D eigenvalue weighted by atomic mass is 19.3. The highest BCUT2D eigenvalue weighted by Gasteiger charge is 2.38. The van der Waals surface area contributed by atoms with Gasteiger partial charge in [-0.05, 0) is 24.3 Å². The molecule has 154 valence electrons. The van der Waals surface area contributed by atoms with Crippen molar-refractivity contribution in [3.05, 3.63) is 71.3 Å². The van der Waals surface area contributed by atoms with Crippen LogP contribution >= 0.6 is 0 Å². The zero-order valence-corrected chi connectivity index (χ0v) is 15.2. The minimum Gasteiger partial charge on any atom is -0.455 e. The molecule has 1 amide bonds. The standard InChI is InChI=1S/C19H13F4N5O2/c20-10-1-2-11(21)17-9(10)7-14(30-17)16-15-12(24-8-25-15)4-6-27(16)18(29)13-3-5-26-28(13)19(22)23/h1-3,5,7-8,16,19H,4,6H2,(H,24,25)/t16-/m1/s1. The van der Waals surface area contributed by atoms with Gasteiger partial charge in [0.25, 0.3) is 5.91 Å². The minimum atomic E-state index is -3.00. The molecule has 11 heteroatoms. The lowest BCUT2D eigenvalue weighted by atomic mass is 9.99. The third-order valence-corrected chi connectivity index (χ3v) is 5.13. The highest BCUT2D eigenvalue weighted by Crippen LogP contribution is 2.38. The number of nitrogens with zero attached hydrogens (tertiary/aromatic N) is 4. The minimum absolute atomic E-state index is 0.0681. The molecule has 30 heavy (non-hydrogen) atoms. The van der Waals surface area contributed by atoms with Gasteiger partial charge in [-0.3, -0.25) is 4.79 Å². The Morgan fingerprint density at radius 1 is 1.23 bits per heavy atom. The average Bonchev–Trinajstić information content (AvgIpc) is 3.48. The Morgan fingerprint density at radius 3 is 2.80 bits per heavy atom. The van der Waals surface area contributed by atoms with E-state index >= 15 is 0 Å². The number of hydrogen-bond acceptors (Lipinski definition) is 4. The molecule has 1 atom stereocenters. The fraction of sp³-hybridized carbons (Fsp3) is 0.211. The van der Waals surface area contributed by atoms with Crippen LogP contribution in [0.1, 0.15) is 40.2 Å². The molecule has 4 aromatic rings. The van der Waals surface area contributed by atoms with Gasteiger partial charge in [-0.2, -0.15) is 18.6 Å². The van der Waals surface area contributed by atoms with E-state index in [0.717, 1.165) is 18.3 Å². The number of rotatable bonds is 3. The summed E-state index contributed by atoms with van der Waals surface area (Å²) in [4.78, 5) is 21.6. The maximum atomic E-state index is 14.2. The lowest BCUT2D eigenvalue weighted by Crippen LogP contribution is -2.41. The van der Waals surface area contributed by atoms with Crippen LogP contribution in [0.5, 0.6) is 0 Å². The van der Waals surface area contributed by atoms with Crippen LogP contribution in [0, 0.1) is 11.6 Å². The number of alkyl halides is 2. The van der Waals surface area contributed by atoms with Crippen molar-refractivity contribution in [2.24, 2.45) is 0 Å². The topological polar surface area (TPSA) is 80.0 Å². The molecule has 0 radical (unpaired) electrons. The van der Waals surface area contributed by atoms with Gasteiger partial charge in [0, 0.05) is 24.9 Å². The molecule has 0 bridgehead atoms. The quantitative estimate of drug-likeness (QED) is 0.512. The summed E-state index contributed by atoms with van der Waals surface area (Å²) in [5.74, 6) is -2.11. The molecule has 1 N–H and O–H groups in total. The number of hydrogen-bond donors (Lipinski definition) is 1. The number of halogens is 4. The van der Waals surface area contributed by atoms with Gasteiger partial charge in [0.2, 0.25) is 0 Å². The van der Waals surface area contributed by atoms with E-state index in [1.165, 1.54) is 23.4 Å². The number of furan rings is 1. The lowest BCUT2D eigenvalue weighted by Gasteiger charge is -2.33. The van der Waals surface area contributed by atoms with Gasteiger partial charge in [-0.25, -0.2) is 13.8 Å². The van der Waals surface area contributed by atoms with Crippen LogP contribution in [0.4, 0.5) is 17.6 Å². The average molecular weight is 419 g/mol. The van der Waals surface area contributed by atoms with Crippen LogP contribution in [0.25, 0.3) is 11.0 Å². The van der Waals surface area contributed by atoms with Crippen molar-refractivity contribution < 1.29 is 26.8 Å². The van der Waals surface area contributed by atoms with E-state index in [2.05, 4.69) is 15.1 Å². The van der Waals surface area contributed by atoms with Crippen molar-refractivity contribution in [2.75, 3.05) is 6.54 Å². The summed E-state index contributed by atoms with van der Waals surface area (Å²) in [6.45, 7) is -2.85. The molecule has 3 aromatic heterocycles. The number of nitrogens with one attached hydrogen (secondary N) is 1. The predicted molar refractivity (Wildman–Crippen MR) is 94.8 cm³/mol. The molecule has 4 heterocycles. The number of H-pyrrole nitrogens is 1. The largest absolute Gasteiger partial charge is 0.455 e. The third-order valence-electron chi connectivity index (χ3n) is 5.13. The molecule has 1 aliphatic rings. The van der Waals surface area contributed by atoms with Crippen molar-refractivity contribution in [1.29, 1.82) is 0 Å². The second-order valence-corrected chi connectivity index (χ2v) is 6.78. The van der Waals surface area contributed by atoms with Gasteiger partial charge in [0.1, 0.15) is 23.3 Å². The molecule has 0 fully saturated rings. The van der Waals surface area contributed by atoms with Crippen LogP contribution in [0.15, 0.2) is 41.2 Å². The first-order valence-electron chi connectivity index (χ1n) is 8.98. The molecule has 5 rings (SSSR count). The van der Waals surface area contributed by atoms with E-state index in [1.807, 2.05) is 0 Å². The van der Waals surface area contributed by atoms with Crippen molar-refractivity contribution >= 4 is 16.9 Å². The SMILES string of the molecule is O=C(c1ccnn1C(F)F)N1CCc2[nH]cnc2[C@H]1c1cc2c(F)ccc(F)c2o1. The Kier molecular flexibility index (Phi) is 4.12. The summed E-state index contributed by atoms with van der Waals surface area (Å²) in [6, 6.07) is 3.44. The molecule has 1 aromatic carbocycles. The van der Waals surface area contributed by atoms with E-state index < -0.39 is 30.1 Å². The number of amides is 1. The number of aromatic amines is 1. The van der Waals surface area contributed by atoms with Gasteiger partial charge >= 0.3 is 6.55 Å². The Labute approximate surface area is 165 Å². The molecule has 0 unspecified atom stereocenters. The zero-order chi connectivity index (χ0) is 21.0. The van der Waals surface area contributed by atoms with Crippen molar-refractivity contribution in [3.8, 4) is 0 Å².